The first-order chi connectivity index (χ1) is 4.34. The maximum atomic E-state index is 3.86. The first-order valence-corrected chi connectivity index (χ1v) is 3.05. The molecule has 0 aromatic heterocycles. The molecule has 0 N–H and O–H groups in total. The molecule has 0 fully saturated rings. The van der Waals surface area contributed by atoms with Crippen LogP contribution in [0.2, 0.25) is 0 Å². The van der Waals surface area contributed by atoms with Gasteiger partial charge in [-0.3, -0.25) is 0 Å². The van der Waals surface area contributed by atoms with Crippen molar-refractivity contribution in [2.45, 2.75) is 6.92 Å². The largest absolute Gasteiger partial charge is 0.0912 e. The van der Waals surface area contributed by atoms with Crippen LogP contribution in [0.1, 0.15) is 6.92 Å². The number of hydrogen-bond acceptors (Lipinski definition) is 0. The van der Waals surface area contributed by atoms with Crippen LogP contribution in [0.15, 0.2) is 24.3 Å². The van der Waals surface area contributed by atoms with Crippen molar-refractivity contribution in [3.63, 3.8) is 0 Å². The number of hydrogen-bond donors (Lipinski definition) is 0. The van der Waals surface area contributed by atoms with Gasteiger partial charge in [0.25, 0.3) is 0 Å². The summed E-state index contributed by atoms with van der Waals surface area (Å²) in [5.74, 6) is 0. The average Bonchev–Trinajstić information content (AvgIpc) is 1.89. The lowest BCUT2D eigenvalue weighted by Crippen LogP contribution is -2.20. The Balaban J connectivity index is 3.53. The van der Waals surface area contributed by atoms with Crippen LogP contribution in [0, 0.1) is 0 Å². The van der Waals surface area contributed by atoms with Crippen LogP contribution >= 0.6 is 0 Å². The fourth-order valence-corrected chi connectivity index (χ4v) is 0.816. The van der Waals surface area contributed by atoms with Crippen molar-refractivity contribution < 1.29 is 0 Å². The molecule has 0 amide bonds. The maximum Gasteiger partial charge on any atom is -0.0233 e. The van der Waals surface area contributed by atoms with E-state index in [4.69, 9.17) is 0 Å². The molecule has 0 radical (unpaired) electrons. The molecule has 0 heteroatoms. The van der Waals surface area contributed by atoms with Crippen LogP contribution in [-0.4, -0.2) is 0 Å². The SMILES string of the molecule is C=c1cccc/c1=C/C. The molecule has 46 valence electrons. The van der Waals surface area contributed by atoms with Gasteiger partial charge in [0.15, 0.2) is 0 Å². The molecule has 0 saturated heterocycles. The van der Waals surface area contributed by atoms with E-state index in [-0.39, 0.29) is 0 Å². The first kappa shape index (κ1) is 6.09. The smallest absolute Gasteiger partial charge is 0.0233 e. The van der Waals surface area contributed by atoms with Gasteiger partial charge in [0.2, 0.25) is 0 Å². The number of benzene rings is 1. The molecular weight excluding hydrogens is 108 g/mol. The summed E-state index contributed by atoms with van der Waals surface area (Å²) in [6.45, 7) is 5.88. The molecule has 0 atom stereocenters. The predicted molar refractivity (Wildman–Crippen MR) is 41.4 cm³/mol. The average molecular weight is 118 g/mol. The second kappa shape index (κ2) is 2.49. The van der Waals surface area contributed by atoms with Crippen molar-refractivity contribution in [3.05, 3.63) is 34.7 Å². The molecule has 0 saturated carbocycles. The minimum absolute atomic E-state index is 1.10. The van der Waals surface area contributed by atoms with Gasteiger partial charge in [0.05, 0.1) is 0 Å². The lowest BCUT2D eigenvalue weighted by molar-refractivity contribution is 1.52. The Morgan fingerprint density at radius 2 is 2.00 bits per heavy atom. The second-order valence-electron chi connectivity index (χ2n) is 1.99. The van der Waals surface area contributed by atoms with Crippen LogP contribution in [0.5, 0.6) is 0 Å². The van der Waals surface area contributed by atoms with Crippen molar-refractivity contribution in [1.82, 2.24) is 0 Å². The predicted octanol–water partition coefficient (Wildman–Crippen LogP) is 0.897. The molecule has 0 aliphatic rings. The van der Waals surface area contributed by atoms with Crippen molar-refractivity contribution in [3.8, 4) is 0 Å². The second-order valence-corrected chi connectivity index (χ2v) is 1.99. The molecule has 0 spiro atoms. The lowest BCUT2D eigenvalue weighted by atomic mass is 10.2. The fraction of sp³-hybridized carbons (Fsp3) is 0.111. The lowest BCUT2D eigenvalue weighted by Gasteiger charge is -1.82. The maximum absolute atomic E-state index is 3.86. The van der Waals surface area contributed by atoms with Crippen molar-refractivity contribution in [1.29, 1.82) is 0 Å². The van der Waals surface area contributed by atoms with E-state index in [1.54, 1.807) is 0 Å². The van der Waals surface area contributed by atoms with Gasteiger partial charge in [-0.05, 0) is 17.4 Å². The van der Waals surface area contributed by atoms with E-state index >= 15 is 0 Å². The zero-order valence-electron chi connectivity index (χ0n) is 5.59. The van der Waals surface area contributed by atoms with E-state index in [9.17, 15) is 0 Å². The molecule has 0 aliphatic carbocycles. The topological polar surface area (TPSA) is 0 Å². The third-order valence-corrected chi connectivity index (χ3v) is 1.37. The van der Waals surface area contributed by atoms with Gasteiger partial charge >= 0.3 is 0 Å². The molecule has 1 aromatic rings. The summed E-state index contributed by atoms with van der Waals surface area (Å²) in [6, 6.07) is 8.08. The molecule has 0 unspecified atom stereocenters. The highest BCUT2D eigenvalue weighted by Crippen LogP contribution is 1.68. The summed E-state index contributed by atoms with van der Waals surface area (Å²) in [5.41, 5.74) is 0. The molecule has 0 bridgehead atoms. The quantitative estimate of drug-likeness (QED) is 0.474. The normalized spacial score (nSPS) is 11.9. The van der Waals surface area contributed by atoms with E-state index in [2.05, 4.69) is 18.7 Å². The van der Waals surface area contributed by atoms with Crippen LogP contribution in [0.3, 0.4) is 0 Å². The summed E-state index contributed by atoms with van der Waals surface area (Å²) in [5, 5.41) is 2.32. The van der Waals surface area contributed by atoms with Gasteiger partial charge in [-0.25, -0.2) is 0 Å². The van der Waals surface area contributed by atoms with Crippen LogP contribution in [0.4, 0.5) is 0 Å². The summed E-state index contributed by atoms with van der Waals surface area (Å²) < 4.78 is 0. The Labute approximate surface area is 55.1 Å². The highest BCUT2D eigenvalue weighted by molar-refractivity contribution is 5.23. The molecule has 0 nitrogen and oxygen atoms in total. The Morgan fingerprint density at radius 1 is 1.33 bits per heavy atom. The van der Waals surface area contributed by atoms with Crippen molar-refractivity contribution in [2.75, 3.05) is 0 Å². The summed E-state index contributed by atoms with van der Waals surface area (Å²) in [6.07, 6.45) is 2.06. The van der Waals surface area contributed by atoms with Crippen molar-refractivity contribution in [2.24, 2.45) is 0 Å². The highest BCUT2D eigenvalue weighted by Gasteiger charge is 1.74. The molecule has 1 aromatic carbocycles. The van der Waals surface area contributed by atoms with Gasteiger partial charge in [-0.2, -0.15) is 0 Å². The highest BCUT2D eigenvalue weighted by atomic mass is 13.8. The molecule has 9 heavy (non-hydrogen) atoms. The Hall–Kier alpha value is -1.04. The minimum Gasteiger partial charge on any atom is -0.0912 e. The van der Waals surface area contributed by atoms with E-state index in [0.29, 0.717) is 0 Å². The molecule has 0 heterocycles. The molecular formula is C9H10. The Kier molecular flexibility index (Phi) is 1.69. The minimum atomic E-state index is 1.10. The third-order valence-electron chi connectivity index (χ3n) is 1.37. The molecule has 1 rings (SSSR count). The van der Waals surface area contributed by atoms with Gasteiger partial charge in [0, 0.05) is 0 Å². The number of rotatable bonds is 0. The Morgan fingerprint density at radius 3 is 2.44 bits per heavy atom. The first-order valence-electron chi connectivity index (χ1n) is 3.05. The van der Waals surface area contributed by atoms with Crippen molar-refractivity contribution >= 4 is 12.7 Å². The zero-order chi connectivity index (χ0) is 6.69. The monoisotopic (exact) mass is 118 g/mol. The third kappa shape index (κ3) is 1.20. The van der Waals surface area contributed by atoms with Gasteiger partial charge < -0.3 is 0 Å². The van der Waals surface area contributed by atoms with E-state index < -0.39 is 0 Å². The standard InChI is InChI=1S/C9H10/c1-3-9-7-5-4-6-8(9)2/h3-7H,2H2,1H3/b9-3-. The van der Waals surface area contributed by atoms with Crippen LogP contribution in [0.25, 0.3) is 12.7 Å². The Bertz CT molecular complexity index is 283. The van der Waals surface area contributed by atoms with Crippen LogP contribution < -0.4 is 10.4 Å². The van der Waals surface area contributed by atoms with Crippen LogP contribution in [-0.2, 0) is 0 Å². The van der Waals surface area contributed by atoms with E-state index in [0.717, 1.165) is 5.22 Å². The van der Waals surface area contributed by atoms with E-state index in [1.807, 2.05) is 25.1 Å². The van der Waals surface area contributed by atoms with E-state index in [1.165, 1.54) is 5.22 Å². The van der Waals surface area contributed by atoms with Gasteiger partial charge in [-0.15, -0.1) is 0 Å². The zero-order valence-corrected chi connectivity index (χ0v) is 5.59. The van der Waals surface area contributed by atoms with Gasteiger partial charge in [0.1, 0.15) is 0 Å². The molecule has 0 aliphatic heterocycles. The summed E-state index contributed by atoms with van der Waals surface area (Å²) in [4.78, 5) is 0. The fourth-order valence-electron chi connectivity index (χ4n) is 0.816. The summed E-state index contributed by atoms with van der Waals surface area (Å²) >= 11 is 0. The summed E-state index contributed by atoms with van der Waals surface area (Å²) in [7, 11) is 0. The van der Waals surface area contributed by atoms with Gasteiger partial charge in [-0.1, -0.05) is 36.9 Å².